The van der Waals surface area contributed by atoms with Gasteiger partial charge in [-0.05, 0) is 92.3 Å². The number of rotatable bonds is 7. The predicted octanol–water partition coefficient (Wildman–Crippen LogP) is 5.88. The first kappa shape index (κ1) is 24.0. The Labute approximate surface area is 213 Å². The molecule has 2 aromatic carbocycles. The Morgan fingerprint density at radius 2 is 1.97 bits per heavy atom. The van der Waals surface area contributed by atoms with Gasteiger partial charge in [-0.3, -0.25) is 4.79 Å². The molecule has 1 heterocycles. The van der Waals surface area contributed by atoms with Gasteiger partial charge in [-0.25, -0.2) is 0 Å². The molecular weight excluding hydrogens is 467 g/mol. The van der Waals surface area contributed by atoms with Gasteiger partial charge in [0.2, 0.25) is 5.91 Å². The van der Waals surface area contributed by atoms with Crippen LogP contribution in [-0.2, 0) is 16.6 Å². The van der Waals surface area contributed by atoms with Crippen molar-refractivity contribution in [1.82, 2.24) is 10.2 Å². The number of hydrogen-bond acceptors (Lipinski definition) is 3. The minimum absolute atomic E-state index is 0.0498. The second-order valence-electron chi connectivity index (χ2n) is 10.5. The van der Waals surface area contributed by atoms with E-state index in [4.69, 9.17) is 27.9 Å². The molecule has 5 rings (SSSR count). The molecule has 0 unspecified atom stereocenters. The van der Waals surface area contributed by atoms with Crippen molar-refractivity contribution in [2.45, 2.75) is 56.4 Å². The summed E-state index contributed by atoms with van der Waals surface area (Å²) in [5, 5.41) is 4.35. The molecule has 3 aliphatic rings. The topological polar surface area (TPSA) is 41.6 Å². The number of benzene rings is 2. The first-order chi connectivity index (χ1) is 16.4. The first-order valence-corrected chi connectivity index (χ1v) is 13.3. The zero-order chi connectivity index (χ0) is 23.7. The largest absolute Gasteiger partial charge is 0.497 e. The summed E-state index contributed by atoms with van der Waals surface area (Å²) in [7, 11) is 1.74. The van der Waals surface area contributed by atoms with Gasteiger partial charge in [-0.1, -0.05) is 41.4 Å². The lowest BCUT2D eigenvalue weighted by Gasteiger charge is -2.53. The molecular formula is C28H34Cl2N2O2. The second kappa shape index (κ2) is 10.1. The summed E-state index contributed by atoms with van der Waals surface area (Å²) in [4.78, 5) is 15.6. The van der Waals surface area contributed by atoms with Crippen LogP contribution in [0.4, 0.5) is 0 Å². The van der Waals surface area contributed by atoms with Crippen LogP contribution < -0.4 is 10.1 Å². The van der Waals surface area contributed by atoms with Crippen LogP contribution in [0.2, 0.25) is 10.0 Å². The highest BCUT2D eigenvalue weighted by Gasteiger charge is 2.48. The first-order valence-electron chi connectivity index (χ1n) is 12.6. The molecule has 3 atom stereocenters. The van der Waals surface area contributed by atoms with Gasteiger partial charge in [0.25, 0.3) is 0 Å². The van der Waals surface area contributed by atoms with Crippen molar-refractivity contribution in [3.63, 3.8) is 0 Å². The minimum Gasteiger partial charge on any atom is -0.497 e. The van der Waals surface area contributed by atoms with Crippen molar-refractivity contribution < 1.29 is 9.53 Å². The van der Waals surface area contributed by atoms with Gasteiger partial charge in [0.15, 0.2) is 0 Å². The third-order valence-corrected chi connectivity index (χ3v) is 8.92. The van der Waals surface area contributed by atoms with Crippen LogP contribution in [0, 0.1) is 11.8 Å². The van der Waals surface area contributed by atoms with Gasteiger partial charge in [0.1, 0.15) is 5.75 Å². The molecule has 4 nitrogen and oxygen atoms in total. The van der Waals surface area contributed by atoms with Crippen LogP contribution in [0.5, 0.6) is 5.75 Å². The summed E-state index contributed by atoms with van der Waals surface area (Å²) in [6.45, 7) is 3.56. The van der Waals surface area contributed by atoms with E-state index in [-0.39, 0.29) is 17.4 Å². The maximum atomic E-state index is 12.9. The number of nitrogens with zero attached hydrogens (tertiary/aromatic N) is 1. The van der Waals surface area contributed by atoms with Gasteiger partial charge in [-0.2, -0.15) is 0 Å². The number of likely N-dealkylation sites (tertiary alicyclic amines) is 1. The van der Waals surface area contributed by atoms with Crippen LogP contribution in [0.3, 0.4) is 0 Å². The van der Waals surface area contributed by atoms with E-state index < -0.39 is 0 Å². The van der Waals surface area contributed by atoms with E-state index in [0.29, 0.717) is 22.4 Å². The normalized spacial score (nSPS) is 27.1. The molecule has 1 amide bonds. The highest BCUT2D eigenvalue weighted by Crippen LogP contribution is 2.50. The van der Waals surface area contributed by atoms with E-state index in [1.807, 2.05) is 12.1 Å². The fourth-order valence-corrected chi connectivity index (χ4v) is 6.54. The van der Waals surface area contributed by atoms with E-state index in [1.54, 1.807) is 19.2 Å². The minimum atomic E-state index is 0.0498. The van der Waals surface area contributed by atoms with Gasteiger partial charge < -0.3 is 15.0 Å². The maximum Gasteiger partial charge on any atom is 0.224 e. The zero-order valence-corrected chi connectivity index (χ0v) is 21.4. The number of fused-ring (bicyclic) bond motifs is 1. The zero-order valence-electron chi connectivity index (χ0n) is 19.9. The SMILES string of the molecule is COc1cccc([C@@]23CCN(CC4CC4)C[C@H]2CC[C@@H](NC(=O)Cc2ccc(Cl)c(Cl)c2)C3)c1. The summed E-state index contributed by atoms with van der Waals surface area (Å²) >= 11 is 12.2. The Morgan fingerprint density at radius 3 is 2.74 bits per heavy atom. The summed E-state index contributed by atoms with van der Waals surface area (Å²) in [5.74, 6) is 2.49. The number of nitrogens with one attached hydrogen (secondary N) is 1. The quantitative estimate of drug-likeness (QED) is 0.515. The lowest BCUT2D eigenvalue weighted by atomic mass is 9.58. The number of carbonyl (C=O) groups is 1. The summed E-state index contributed by atoms with van der Waals surface area (Å²) in [6, 6.07) is 14.2. The van der Waals surface area contributed by atoms with Crippen LogP contribution in [0.15, 0.2) is 42.5 Å². The fourth-order valence-electron chi connectivity index (χ4n) is 6.22. The molecule has 2 aromatic rings. The number of piperidine rings is 1. The molecule has 182 valence electrons. The highest BCUT2D eigenvalue weighted by molar-refractivity contribution is 6.42. The van der Waals surface area contributed by atoms with Crippen LogP contribution in [0.1, 0.15) is 49.7 Å². The lowest BCUT2D eigenvalue weighted by Crippen LogP contribution is -2.56. The third kappa shape index (κ3) is 5.24. The van der Waals surface area contributed by atoms with Crippen molar-refractivity contribution in [3.05, 3.63) is 63.6 Å². The molecule has 0 radical (unpaired) electrons. The number of ether oxygens (including phenoxy) is 1. The van der Waals surface area contributed by atoms with Crippen molar-refractivity contribution in [3.8, 4) is 5.75 Å². The van der Waals surface area contributed by atoms with E-state index >= 15 is 0 Å². The summed E-state index contributed by atoms with van der Waals surface area (Å²) < 4.78 is 5.58. The highest BCUT2D eigenvalue weighted by atomic mass is 35.5. The molecule has 3 fully saturated rings. The van der Waals surface area contributed by atoms with Gasteiger partial charge >= 0.3 is 0 Å². The number of amides is 1. The molecule has 0 bridgehead atoms. The van der Waals surface area contributed by atoms with Crippen molar-refractivity contribution in [2.75, 3.05) is 26.7 Å². The monoisotopic (exact) mass is 500 g/mol. The number of halogens is 2. The Hall–Kier alpha value is -1.75. The van der Waals surface area contributed by atoms with Crippen LogP contribution >= 0.6 is 23.2 Å². The van der Waals surface area contributed by atoms with Gasteiger partial charge in [-0.15, -0.1) is 0 Å². The summed E-state index contributed by atoms with van der Waals surface area (Å²) in [5.41, 5.74) is 2.33. The van der Waals surface area contributed by atoms with Crippen molar-refractivity contribution in [2.24, 2.45) is 11.8 Å². The molecule has 1 saturated heterocycles. The molecule has 1 aliphatic heterocycles. The van der Waals surface area contributed by atoms with Gasteiger partial charge in [0.05, 0.1) is 23.6 Å². The van der Waals surface area contributed by atoms with E-state index in [1.165, 1.54) is 24.9 Å². The molecule has 0 spiro atoms. The molecule has 6 heteroatoms. The Morgan fingerprint density at radius 1 is 1.12 bits per heavy atom. The lowest BCUT2D eigenvalue weighted by molar-refractivity contribution is -0.121. The third-order valence-electron chi connectivity index (χ3n) is 8.18. The molecule has 1 N–H and O–H groups in total. The Kier molecular flexibility index (Phi) is 7.11. The van der Waals surface area contributed by atoms with Crippen LogP contribution in [-0.4, -0.2) is 43.6 Å². The smallest absolute Gasteiger partial charge is 0.224 e. The molecule has 0 aromatic heterocycles. The Balaban J connectivity index is 1.32. The maximum absolute atomic E-state index is 12.9. The van der Waals surface area contributed by atoms with Crippen molar-refractivity contribution in [1.29, 1.82) is 0 Å². The van der Waals surface area contributed by atoms with E-state index in [2.05, 4.69) is 28.4 Å². The number of hydrogen-bond donors (Lipinski definition) is 1. The van der Waals surface area contributed by atoms with Crippen molar-refractivity contribution >= 4 is 29.1 Å². The van der Waals surface area contributed by atoms with Crippen LogP contribution in [0.25, 0.3) is 0 Å². The fraction of sp³-hybridized carbons (Fsp3) is 0.536. The van der Waals surface area contributed by atoms with Gasteiger partial charge in [0, 0.05) is 24.5 Å². The standard InChI is InChI=1S/C28H34Cl2N2O2/c1-34-24-4-2-3-21(15-24)28-11-12-32(17-19-5-6-19)18-22(28)8-9-23(16-28)31-27(33)14-20-7-10-25(29)26(30)13-20/h2-4,7,10,13,15,19,22-23H,5-6,8-9,11-12,14,16-18H2,1H3,(H,31,33)/t22-,23-,28+/m1/s1. The van der Waals surface area contributed by atoms with E-state index in [0.717, 1.165) is 56.0 Å². The molecule has 2 aliphatic carbocycles. The average Bonchev–Trinajstić information content (AvgIpc) is 3.65. The van der Waals surface area contributed by atoms with E-state index in [9.17, 15) is 4.79 Å². The number of methoxy groups -OCH3 is 1. The predicted molar refractivity (Wildman–Crippen MR) is 138 cm³/mol. The second-order valence-corrected chi connectivity index (χ2v) is 11.3. The Bertz CT molecular complexity index is 1040. The average molecular weight is 501 g/mol. The summed E-state index contributed by atoms with van der Waals surface area (Å²) in [6.07, 6.45) is 7.39. The molecule has 34 heavy (non-hydrogen) atoms. The number of carbonyl (C=O) groups excluding carboxylic acids is 1. The molecule has 2 saturated carbocycles.